The smallest absolute Gasteiger partial charge is 0.246 e. The minimum Gasteiger partial charge on any atom is -0.493 e. The summed E-state index contributed by atoms with van der Waals surface area (Å²) in [5.41, 5.74) is 6.46. The number of halogens is 3. The van der Waals surface area contributed by atoms with Gasteiger partial charge in [-0.05, 0) is 94.8 Å². The molecule has 0 N–H and O–H groups in total. The van der Waals surface area contributed by atoms with Gasteiger partial charge in [-0.25, -0.2) is 4.98 Å². The van der Waals surface area contributed by atoms with Crippen LogP contribution in [0.4, 0.5) is 0 Å². The molecule has 282 valence electrons. The molecule has 1 aliphatic heterocycles. The van der Waals surface area contributed by atoms with Crippen LogP contribution in [0.25, 0.3) is 6.08 Å². The van der Waals surface area contributed by atoms with Gasteiger partial charge in [0.15, 0.2) is 5.75 Å². The first-order valence-corrected chi connectivity index (χ1v) is 18.8. The van der Waals surface area contributed by atoms with E-state index in [1.807, 2.05) is 42.2 Å². The second kappa shape index (κ2) is 19.7. The molecule has 7 nitrogen and oxygen atoms in total. The standard InChI is InChI=1S/C44H45Cl2N3O4.ClH/c1-31(2)37-12-14-39(15-13-37)51-24-19-33-7-9-34(10-8-33)29-48-20-22-49(23-21-48)43(50)18-11-35-25-32(3)44(41(46)27-35)53-42-17-16-40(28-47-42)52-30-36-5-4-6-38(45)26-36;/h4-18,25-28,31H,19-24,29-30H2,1-3H3;1H. The summed E-state index contributed by atoms with van der Waals surface area (Å²) < 4.78 is 17.8. The quantitative estimate of drug-likeness (QED) is 0.104. The Hall–Kier alpha value is -4.53. The Labute approximate surface area is 334 Å². The van der Waals surface area contributed by atoms with Gasteiger partial charge in [-0.3, -0.25) is 9.69 Å². The van der Waals surface area contributed by atoms with Crippen LogP contribution in [0, 0.1) is 6.92 Å². The number of hydrogen-bond donors (Lipinski definition) is 0. The molecule has 0 atom stereocenters. The van der Waals surface area contributed by atoms with E-state index in [2.05, 4.69) is 72.3 Å². The van der Waals surface area contributed by atoms with Crippen molar-refractivity contribution in [2.24, 2.45) is 0 Å². The molecule has 4 aromatic carbocycles. The molecule has 54 heavy (non-hydrogen) atoms. The summed E-state index contributed by atoms with van der Waals surface area (Å²) in [4.78, 5) is 21.7. The number of aryl methyl sites for hydroxylation is 1. The molecule has 10 heteroatoms. The average Bonchev–Trinajstić information content (AvgIpc) is 3.16. The van der Waals surface area contributed by atoms with E-state index in [1.54, 1.807) is 36.5 Å². The van der Waals surface area contributed by atoms with Crippen LogP contribution >= 0.6 is 35.6 Å². The lowest BCUT2D eigenvalue weighted by Gasteiger charge is -2.34. The van der Waals surface area contributed by atoms with E-state index in [-0.39, 0.29) is 18.3 Å². The van der Waals surface area contributed by atoms with Crippen LogP contribution in [0.15, 0.2) is 109 Å². The van der Waals surface area contributed by atoms with Crippen LogP contribution in [0.2, 0.25) is 10.0 Å². The molecule has 5 aromatic rings. The first kappa shape index (κ1) is 40.7. The van der Waals surface area contributed by atoms with E-state index in [0.29, 0.717) is 59.6 Å². The average molecular weight is 787 g/mol. The molecule has 1 fully saturated rings. The molecule has 2 heterocycles. The van der Waals surface area contributed by atoms with Crippen molar-refractivity contribution < 1.29 is 19.0 Å². The molecular weight excluding hydrogens is 741 g/mol. The number of carbonyl (C=O) groups excluding carboxylic acids is 1. The van der Waals surface area contributed by atoms with E-state index in [9.17, 15) is 4.79 Å². The van der Waals surface area contributed by atoms with Gasteiger partial charge in [0.05, 0.1) is 17.8 Å². The van der Waals surface area contributed by atoms with Gasteiger partial charge in [-0.1, -0.05) is 85.6 Å². The molecule has 0 saturated carbocycles. The van der Waals surface area contributed by atoms with E-state index >= 15 is 0 Å². The summed E-state index contributed by atoms with van der Waals surface area (Å²) in [5.74, 6) is 2.93. The Balaban J connectivity index is 0.00000561. The lowest BCUT2D eigenvalue weighted by Crippen LogP contribution is -2.47. The fourth-order valence-corrected chi connectivity index (χ4v) is 6.62. The summed E-state index contributed by atoms with van der Waals surface area (Å²) >= 11 is 12.7. The van der Waals surface area contributed by atoms with Gasteiger partial charge in [-0.15, -0.1) is 12.4 Å². The predicted molar refractivity (Wildman–Crippen MR) is 221 cm³/mol. The van der Waals surface area contributed by atoms with Crippen LogP contribution in [0.5, 0.6) is 23.1 Å². The molecule has 6 rings (SSSR count). The van der Waals surface area contributed by atoms with E-state index in [4.69, 9.17) is 37.4 Å². The molecule has 1 saturated heterocycles. The maximum atomic E-state index is 13.1. The van der Waals surface area contributed by atoms with Crippen LogP contribution in [0.3, 0.4) is 0 Å². The number of hydrogen-bond acceptors (Lipinski definition) is 6. The summed E-state index contributed by atoms with van der Waals surface area (Å²) in [7, 11) is 0. The maximum absolute atomic E-state index is 13.1. The number of benzene rings is 4. The third-order valence-electron chi connectivity index (χ3n) is 9.20. The van der Waals surface area contributed by atoms with Crippen LogP contribution in [0.1, 0.15) is 53.1 Å². The van der Waals surface area contributed by atoms with Crippen molar-refractivity contribution in [1.29, 1.82) is 0 Å². The monoisotopic (exact) mass is 785 g/mol. The van der Waals surface area contributed by atoms with Gasteiger partial charge < -0.3 is 19.1 Å². The minimum atomic E-state index is -0.0111. The van der Waals surface area contributed by atoms with Gasteiger partial charge in [-0.2, -0.15) is 0 Å². The largest absolute Gasteiger partial charge is 0.493 e. The van der Waals surface area contributed by atoms with Gasteiger partial charge in [0.2, 0.25) is 11.8 Å². The number of amides is 1. The second-order valence-corrected chi connectivity index (χ2v) is 14.4. The molecule has 0 radical (unpaired) electrons. The number of pyridine rings is 1. The van der Waals surface area contributed by atoms with Gasteiger partial charge in [0.1, 0.15) is 18.1 Å². The molecule has 1 aliphatic rings. The van der Waals surface area contributed by atoms with Crippen molar-refractivity contribution in [3.8, 4) is 23.1 Å². The molecular formula is C44H46Cl3N3O4. The highest BCUT2D eigenvalue weighted by molar-refractivity contribution is 6.32. The highest BCUT2D eigenvalue weighted by Gasteiger charge is 2.20. The first-order chi connectivity index (χ1) is 25.7. The SMILES string of the molecule is Cc1cc(C=CC(=O)N2CCN(Cc3ccc(CCOc4ccc(C(C)C)cc4)cc3)CC2)cc(Cl)c1Oc1ccc(OCc2cccc(Cl)c2)cn1.Cl. The fraction of sp³-hybridized carbons (Fsp3) is 0.273. The van der Waals surface area contributed by atoms with Crippen molar-refractivity contribution in [3.63, 3.8) is 0 Å². The summed E-state index contributed by atoms with van der Waals surface area (Å²) in [6.45, 7) is 11.2. The third-order valence-corrected chi connectivity index (χ3v) is 9.72. The zero-order valence-electron chi connectivity index (χ0n) is 30.8. The van der Waals surface area contributed by atoms with Crippen molar-refractivity contribution in [3.05, 3.63) is 153 Å². The topological polar surface area (TPSA) is 64.1 Å². The van der Waals surface area contributed by atoms with Crippen molar-refractivity contribution >= 4 is 47.6 Å². The summed E-state index contributed by atoms with van der Waals surface area (Å²) in [5, 5.41) is 1.10. The van der Waals surface area contributed by atoms with Gasteiger partial charge >= 0.3 is 0 Å². The highest BCUT2D eigenvalue weighted by Crippen LogP contribution is 2.34. The number of nitrogens with zero attached hydrogens (tertiary/aromatic N) is 3. The second-order valence-electron chi connectivity index (χ2n) is 13.6. The Morgan fingerprint density at radius 3 is 2.22 bits per heavy atom. The Morgan fingerprint density at radius 2 is 1.56 bits per heavy atom. The summed E-state index contributed by atoms with van der Waals surface area (Å²) in [6.07, 6.45) is 5.89. The Kier molecular flexibility index (Phi) is 14.8. The molecule has 1 aromatic heterocycles. The minimum absolute atomic E-state index is 0. The number of rotatable bonds is 14. The van der Waals surface area contributed by atoms with E-state index < -0.39 is 0 Å². The molecule has 0 aliphatic carbocycles. The van der Waals surface area contributed by atoms with Crippen molar-refractivity contribution in [2.45, 2.75) is 46.3 Å². The molecule has 0 unspecified atom stereocenters. The lowest BCUT2D eigenvalue weighted by molar-refractivity contribution is -0.127. The number of ether oxygens (including phenoxy) is 3. The zero-order valence-corrected chi connectivity index (χ0v) is 33.2. The number of piperazine rings is 1. The van der Waals surface area contributed by atoms with Crippen LogP contribution in [-0.2, 0) is 24.4 Å². The van der Waals surface area contributed by atoms with Crippen LogP contribution in [-0.4, -0.2) is 53.5 Å². The molecule has 0 spiro atoms. The van der Waals surface area contributed by atoms with Crippen molar-refractivity contribution in [2.75, 3.05) is 32.8 Å². The maximum Gasteiger partial charge on any atom is 0.246 e. The highest BCUT2D eigenvalue weighted by atomic mass is 35.5. The lowest BCUT2D eigenvalue weighted by atomic mass is 10.0. The van der Waals surface area contributed by atoms with E-state index in [1.165, 1.54) is 16.7 Å². The predicted octanol–water partition coefficient (Wildman–Crippen LogP) is 10.6. The normalized spacial score (nSPS) is 13.2. The first-order valence-electron chi connectivity index (χ1n) is 18.0. The Bertz CT molecular complexity index is 1970. The third kappa shape index (κ3) is 11.7. The number of carbonyl (C=O) groups is 1. The van der Waals surface area contributed by atoms with Gasteiger partial charge in [0.25, 0.3) is 0 Å². The summed E-state index contributed by atoms with van der Waals surface area (Å²) in [6, 6.07) is 31.9. The zero-order chi connectivity index (χ0) is 37.2. The fourth-order valence-electron chi connectivity index (χ4n) is 6.10. The number of aromatic nitrogens is 1. The Morgan fingerprint density at radius 1 is 0.833 bits per heavy atom. The van der Waals surface area contributed by atoms with Gasteiger partial charge in [0, 0.05) is 56.3 Å². The van der Waals surface area contributed by atoms with Crippen LogP contribution < -0.4 is 14.2 Å². The van der Waals surface area contributed by atoms with E-state index in [0.717, 1.165) is 48.5 Å². The van der Waals surface area contributed by atoms with Crippen molar-refractivity contribution in [1.82, 2.24) is 14.8 Å². The molecule has 1 amide bonds. The molecule has 0 bridgehead atoms.